The van der Waals surface area contributed by atoms with Gasteiger partial charge in [-0.05, 0) is 38.8 Å². The van der Waals surface area contributed by atoms with E-state index in [2.05, 4.69) is 36.9 Å². The monoisotopic (exact) mass is 276 g/mol. The molecule has 0 bridgehead atoms. The van der Waals surface area contributed by atoms with Crippen molar-refractivity contribution in [1.82, 2.24) is 0 Å². The molecular formula is C16H24N2S. The molecule has 1 aliphatic carbocycles. The van der Waals surface area contributed by atoms with Crippen LogP contribution in [0, 0.1) is 6.92 Å². The number of rotatable bonds is 4. The van der Waals surface area contributed by atoms with Crippen LogP contribution in [0.5, 0.6) is 0 Å². The molecule has 0 radical (unpaired) electrons. The normalized spacial score (nSPS) is 16.3. The lowest BCUT2D eigenvalue weighted by Crippen LogP contribution is -2.38. The third-order valence-electron chi connectivity index (χ3n) is 4.08. The van der Waals surface area contributed by atoms with Crippen LogP contribution in [0.2, 0.25) is 0 Å². The Bertz CT molecular complexity index is 450. The molecular weight excluding hydrogens is 252 g/mol. The minimum atomic E-state index is 0.507. The van der Waals surface area contributed by atoms with Gasteiger partial charge in [0.25, 0.3) is 0 Å². The van der Waals surface area contributed by atoms with Gasteiger partial charge in [-0.3, -0.25) is 0 Å². The van der Waals surface area contributed by atoms with Crippen LogP contribution >= 0.6 is 12.2 Å². The van der Waals surface area contributed by atoms with Crippen LogP contribution in [-0.2, 0) is 0 Å². The summed E-state index contributed by atoms with van der Waals surface area (Å²) in [5, 5.41) is 0. The Morgan fingerprint density at radius 2 is 2.00 bits per heavy atom. The molecule has 1 saturated carbocycles. The number of aryl methyl sites for hydroxylation is 1. The van der Waals surface area contributed by atoms with Gasteiger partial charge < -0.3 is 10.6 Å². The van der Waals surface area contributed by atoms with Crippen molar-refractivity contribution < 1.29 is 0 Å². The molecule has 0 aliphatic heterocycles. The number of benzene rings is 1. The lowest BCUT2D eigenvalue weighted by Gasteiger charge is -2.36. The second-order valence-corrected chi connectivity index (χ2v) is 5.90. The highest BCUT2D eigenvalue weighted by atomic mass is 32.1. The molecule has 1 aromatic carbocycles. The van der Waals surface area contributed by atoms with Gasteiger partial charge in [-0.15, -0.1) is 0 Å². The molecule has 1 fully saturated rings. The van der Waals surface area contributed by atoms with Crippen molar-refractivity contribution >= 4 is 22.9 Å². The van der Waals surface area contributed by atoms with Gasteiger partial charge in [-0.2, -0.15) is 0 Å². The van der Waals surface area contributed by atoms with Gasteiger partial charge in [0, 0.05) is 23.8 Å². The first-order valence-corrected chi connectivity index (χ1v) is 7.71. The summed E-state index contributed by atoms with van der Waals surface area (Å²) < 4.78 is 0. The minimum absolute atomic E-state index is 0.507. The highest BCUT2D eigenvalue weighted by Gasteiger charge is 2.22. The van der Waals surface area contributed by atoms with Gasteiger partial charge >= 0.3 is 0 Å². The zero-order valence-corrected chi connectivity index (χ0v) is 12.8. The predicted octanol–water partition coefficient (Wildman–Crippen LogP) is 3.79. The highest BCUT2D eigenvalue weighted by Crippen LogP contribution is 2.30. The summed E-state index contributed by atoms with van der Waals surface area (Å²) in [7, 11) is 0. The maximum Gasteiger partial charge on any atom is 0.106 e. The fraction of sp³-hybridized carbons (Fsp3) is 0.562. The van der Waals surface area contributed by atoms with Gasteiger partial charge in [-0.25, -0.2) is 0 Å². The number of hydrogen-bond donors (Lipinski definition) is 1. The molecule has 104 valence electrons. The summed E-state index contributed by atoms with van der Waals surface area (Å²) in [5.74, 6) is 0. The van der Waals surface area contributed by atoms with E-state index in [1.54, 1.807) is 0 Å². The quantitative estimate of drug-likeness (QED) is 0.848. The molecule has 0 amide bonds. The molecule has 0 heterocycles. The van der Waals surface area contributed by atoms with Gasteiger partial charge in [0.1, 0.15) is 4.99 Å². The van der Waals surface area contributed by atoms with Crippen molar-refractivity contribution in [2.75, 3.05) is 11.4 Å². The molecule has 0 spiro atoms. The first kappa shape index (κ1) is 14.3. The molecule has 0 unspecified atom stereocenters. The highest BCUT2D eigenvalue weighted by molar-refractivity contribution is 7.80. The first-order valence-electron chi connectivity index (χ1n) is 7.30. The van der Waals surface area contributed by atoms with E-state index in [1.165, 1.54) is 43.4 Å². The molecule has 2 rings (SSSR count). The Hall–Kier alpha value is -1.09. The standard InChI is InChI=1S/C16H24N2S/c1-3-18(13-7-5-4-6-8-13)15-10-9-12(2)11-14(15)16(17)19/h9-11,13H,3-8H2,1-2H3,(H2,17,19). The molecule has 3 heteroatoms. The summed E-state index contributed by atoms with van der Waals surface area (Å²) >= 11 is 5.23. The zero-order chi connectivity index (χ0) is 13.8. The molecule has 1 aromatic rings. The minimum Gasteiger partial charge on any atom is -0.389 e. The van der Waals surface area contributed by atoms with Crippen molar-refractivity contribution in [3.63, 3.8) is 0 Å². The average molecular weight is 276 g/mol. The van der Waals surface area contributed by atoms with Crippen molar-refractivity contribution in [3.8, 4) is 0 Å². The van der Waals surface area contributed by atoms with Gasteiger partial charge in [0.2, 0.25) is 0 Å². The fourth-order valence-electron chi connectivity index (χ4n) is 3.12. The van der Waals surface area contributed by atoms with Gasteiger partial charge in [-0.1, -0.05) is 43.1 Å². The van der Waals surface area contributed by atoms with Crippen molar-refractivity contribution in [1.29, 1.82) is 0 Å². The molecule has 2 nitrogen and oxygen atoms in total. The van der Waals surface area contributed by atoms with Crippen LogP contribution in [0.25, 0.3) is 0 Å². The average Bonchev–Trinajstić information content (AvgIpc) is 2.42. The van der Waals surface area contributed by atoms with Crippen LogP contribution in [0.4, 0.5) is 5.69 Å². The topological polar surface area (TPSA) is 29.3 Å². The van der Waals surface area contributed by atoms with E-state index in [1.807, 2.05) is 0 Å². The summed E-state index contributed by atoms with van der Waals surface area (Å²) in [4.78, 5) is 3.00. The molecule has 0 atom stereocenters. The summed E-state index contributed by atoms with van der Waals surface area (Å²) in [6.07, 6.45) is 6.64. The van der Waals surface area contributed by atoms with Crippen molar-refractivity contribution in [2.24, 2.45) is 5.73 Å². The Labute approximate surface area is 122 Å². The van der Waals surface area contributed by atoms with Crippen LogP contribution in [0.1, 0.15) is 50.2 Å². The second-order valence-electron chi connectivity index (χ2n) is 5.46. The van der Waals surface area contributed by atoms with Crippen LogP contribution in [0.3, 0.4) is 0 Å². The first-order chi connectivity index (χ1) is 9.13. The number of hydrogen-bond acceptors (Lipinski definition) is 2. The smallest absolute Gasteiger partial charge is 0.106 e. The Morgan fingerprint density at radius 3 is 2.58 bits per heavy atom. The third-order valence-corrected chi connectivity index (χ3v) is 4.30. The van der Waals surface area contributed by atoms with E-state index in [9.17, 15) is 0 Å². The van der Waals surface area contributed by atoms with E-state index < -0.39 is 0 Å². The Morgan fingerprint density at radius 1 is 1.32 bits per heavy atom. The van der Waals surface area contributed by atoms with Crippen molar-refractivity contribution in [2.45, 2.75) is 52.0 Å². The Balaban J connectivity index is 2.34. The van der Waals surface area contributed by atoms with E-state index >= 15 is 0 Å². The second kappa shape index (κ2) is 6.38. The van der Waals surface area contributed by atoms with Crippen LogP contribution in [-0.4, -0.2) is 17.6 Å². The van der Waals surface area contributed by atoms with E-state index in [0.717, 1.165) is 12.1 Å². The van der Waals surface area contributed by atoms with Crippen LogP contribution < -0.4 is 10.6 Å². The van der Waals surface area contributed by atoms with E-state index in [0.29, 0.717) is 11.0 Å². The third kappa shape index (κ3) is 3.27. The summed E-state index contributed by atoms with van der Waals surface area (Å²) in [6, 6.07) is 7.10. The maximum atomic E-state index is 5.91. The van der Waals surface area contributed by atoms with E-state index in [4.69, 9.17) is 18.0 Å². The number of nitrogens with two attached hydrogens (primary N) is 1. The number of nitrogens with zero attached hydrogens (tertiary/aromatic N) is 1. The fourth-order valence-corrected chi connectivity index (χ4v) is 3.28. The maximum absolute atomic E-state index is 5.91. The number of thiocarbonyl (C=S) groups is 1. The summed E-state index contributed by atoms with van der Waals surface area (Å²) in [5.41, 5.74) is 9.37. The number of anilines is 1. The Kier molecular flexibility index (Phi) is 4.81. The zero-order valence-electron chi connectivity index (χ0n) is 12.0. The molecule has 1 aliphatic rings. The molecule has 0 aromatic heterocycles. The SMILES string of the molecule is CCN(c1ccc(C)cc1C(N)=S)C1CCCCC1. The van der Waals surface area contributed by atoms with Crippen molar-refractivity contribution in [3.05, 3.63) is 29.3 Å². The molecule has 19 heavy (non-hydrogen) atoms. The van der Waals surface area contributed by atoms with E-state index in [-0.39, 0.29) is 0 Å². The van der Waals surface area contributed by atoms with Gasteiger partial charge in [0.15, 0.2) is 0 Å². The van der Waals surface area contributed by atoms with Gasteiger partial charge in [0.05, 0.1) is 0 Å². The molecule has 2 N–H and O–H groups in total. The molecule has 0 saturated heterocycles. The van der Waals surface area contributed by atoms with Crippen LogP contribution in [0.15, 0.2) is 18.2 Å². The lowest BCUT2D eigenvalue weighted by atomic mass is 9.93. The predicted molar refractivity (Wildman–Crippen MR) is 87.0 cm³/mol. The largest absolute Gasteiger partial charge is 0.389 e. The summed E-state index contributed by atoms with van der Waals surface area (Å²) in [6.45, 7) is 5.32. The lowest BCUT2D eigenvalue weighted by molar-refractivity contribution is 0.418.